The monoisotopic (exact) mass is 187 g/mol. The summed E-state index contributed by atoms with van der Waals surface area (Å²) in [7, 11) is 0. The molecule has 1 fully saturated rings. The Labute approximate surface area is 78.8 Å². The second-order valence-corrected chi connectivity index (χ2v) is 4.12. The fraction of sp³-hybridized carbons (Fsp3) is 0.889. The molecule has 0 aromatic carbocycles. The molecule has 4 nitrogen and oxygen atoms in total. The quantitative estimate of drug-likeness (QED) is 0.581. The number of carbonyl (C=O) groups is 1. The van der Waals surface area contributed by atoms with Crippen molar-refractivity contribution < 1.29 is 14.4 Å². The van der Waals surface area contributed by atoms with Crippen LogP contribution in [0, 0.1) is 0 Å². The first-order chi connectivity index (χ1) is 5.99. The molecule has 0 N–H and O–H groups in total. The first kappa shape index (κ1) is 10.3. The Morgan fingerprint density at radius 3 is 2.54 bits per heavy atom. The normalized spacial score (nSPS) is 18.5. The summed E-state index contributed by atoms with van der Waals surface area (Å²) in [6, 6.07) is 0. The van der Waals surface area contributed by atoms with Crippen LogP contribution in [-0.4, -0.2) is 29.9 Å². The van der Waals surface area contributed by atoms with Crippen LogP contribution in [0.5, 0.6) is 0 Å². The second-order valence-electron chi connectivity index (χ2n) is 4.12. The molecule has 76 valence electrons. The van der Waals surface area contributed by atoms with E-state index in [2.05, 4.69) is 0 Å². The number of rotatable bonds is 0. The van der Waals surface area contributed by atoms with Gasteiger partial charge in [-0.05, 0) is 33.6 Å². The highest BCUT2D eigenvalue weighted by molar-refractivity contribution is 5.66. The van der Waals surface area contributed by atoms with Crippen LogP contribution in [0.15, 0.2) is 0 Å². The van der Waals surface area contributed by atoms with E-state index < -0.39 is 5.60 Å². The third kappa shape index (κ3) is 3.63. The van der Waals surface area contributed by atoms with E-state index in [0.717, 1.165) is 12.8 Å². The third-order valence-corrected chi connectivity index (χ3v) is 1.60. The van der Waals surface area contributed by atoms with E-state index in [1.54, 1.807) is 0 Å². The van der Waals surface area contributed by atoms with Crippen molar-refractivity contribution >= 4 is 6.09 Å². The molecule has 0 saturated carbocycles. The summed E-state index contributed by atoms with van der Waals surface area (Å²) in [6.07, 6.45) is 1.62. The van der Waals surface area contributed by atoms with Crippen molar-refractivity contribution in [3.63, 3.8) is 0 Å². The van der Waals surface area contributed by atoms with Gasteiger partial charge in [0.05, 0.1) is 13.2 Å². The molecule has 1 aliphatic rings. The topological polar surface area (TPSA) is 38.8 Å². The van der Waals surface area contributed by atoms with Crippen molar-refractivity contribution in [3.8, 4) is 0 Å². The molecule has 0 atom stereocenters. The lowest BCUT2D eigenvalue weighted by Crippen LogP contribution is -2.39. The Balaban J connectivity index is 2.38. The van der Waals surface area contributed by atoms with Gasteiger partial charge in [-0.15, -0.1) is 0 Å². The molecule has 0 bridgehead atoms. The number of hydrogen-bond acceptors (Lipinski definition) is 3. The minimum atomic E-state index is -0.447. The maximum atomic E-state index is 11.4. The van der Waals surface area contributed by atoms with Crippen LogP contribution in [0.4, 0.5) is 4.79 Å². The molecule has 13 heavy (non-hydrogen) atoms. The van der Waals surface area contributed by atoms with Gasteiger partial charge < -0.3 is 4.74 Å². The smallest absolute Gasteiger partial charge is 0.434 e. The van der Waals surface area contributed by atoms with Crippen LogP contribution in [0.25, 0.3) is 0 Å². The Kier molecular flexibility index (Phi) is 3.14. The summed E-state index contributed by atoms with van der Waals surface area (Å²) in [5.74, 6) is 0. The van der Waals surface area contributed by atoms with Gasteiger partial charge >= 0.3 is 6.09 Å². The molecule has 1 aliphatic heterocycles. The fourth-order valence-corrected chi connectivity index (χ4v) is 1.05. The van der Waals surface area contributed by atoms with Gasteiger partial charge in [0.15, 0.2) is 0 Å². The van der Waals surface area contributed by atoms with E-state index in [1.165, 1.54) is 5.06 Å². The summed E-state index contributed by atoms with van der Waals surface area (Å²) in [5, 5.41) is 1.30. The summed E-state index contributed by atoms with van der Waals surface area (Å²) >= 11 is 0. The summed E-state index contributed by atoms with van der Waals surface area (Å²) < 4.78 is 5.14. The first-order valence-corrected chi connectivity index (χ1v) is 4.62. The first-order valence-electron chi connectivity index (χ1n) is 4.62. The van der Waals surface area contributed by atoms with E-state index in [-0.39, 0.29) is 6.09 Å². The number of nitrogens with zero attached hydrogens (tertiary/aromatic N) is 1. The molecular weight excluding hydrogens is 170 g/mol. The average molecular weight is 187 g/mol. The summed E-state index contributed by atoms with van der Waals surface area (Å²) in [5.41, 5.74) is -0.447. The van der Waals surface area contributed by atoms with Gasteiger partial charge in [-0.25, -0.2) is 4.79 Å². The van der Waals surface area contributed by atoms with E-state index in [4.69, 9.17) is 9.57 Å². The Morgan fingerprint density at radius 1 is 1.38 bits per heavy atom. The predicted octanol–water partition coefficient (Wildman–Crippen LogP) is 1.95. The van der Waals surface area contributed by atoms with Crippen LogP contribution < -0.4 is 0 Å². The van der Waals surface area contributed by atoms with E-state index in [9.17, 15) is 4.79 Å². The fourth-order valence-electron chi connectivity index (χ4n) is 1.05. The SMILES string of the molecule is CC(C)(C)OC(=O)N1CCCCO1. The lowest BCUT2D eigenvalue weighted by molar-refractivity contribution is -0.165. The maximum Gasteiger partial charge on any atom is 0.434 e. The van der Waals surface area contributed by atoms with E-state index in [1.807, 2.05) is 20.8 Å². The van der Waals surface area contributed by atoms with Gasteiger partial charge in [-0.1, -0.05) is 0 Å². The molecule has 1 saturated heterocycles. The van der Waals surface area contributed by atoms with Crippen LogP contribution in [0.3, 0.4) is 0 Å². The highest BCUT2D eigenvalue weighted by atomic mass is 16.7. The second kappa shape index (κ2) is 3.96. The molecule has 1 amide bonds. The maximum absolute atomic E-state index is 11.4. The van der Waals surface area contributed by atoms with Crippen molar-refractivity contribution in [1.29, 1.82) is 0 Å². The lowest BCUT2D eigenvalue weighted by atomic mass is 10.2. The zero-order valence-corrected chi connectivity index (χ0v) is 8.50. The molecule has 0 spiro atoms. The summed E-state index contributed by atoms with van der Waals surface area (Å²) in [6.45, 7) is 6.77. The van der Waals surface area contributed by atoms with Gasteiger partial charge in [0.1, 0.15) is 5.60 Å². The van der Waals surface area contributed by atoms with E-state index in [0.29, 0.717) is 13.2 Å². The standard InChI is InChI=1S/C9H17NO3/c1-9(2,3)13-8(11)10-6-4-5-7-12-10/h4-7H2,1-3H3. The summed E-state index contributed by atoms with van der Waals surface area (Å²) in [4.78, 5) is 16.5. The van der Waals surface area contributed by atoms with Gasteiger partial charge in [-0.3, -0.25) is 4.84 Å². The van der Waals surface area contributed by atoms with Gasteiger partial charge in [0.2, 0.25) is 0 Å². The molecule has 0 aromatic rings. The highest BCUT2D eigenvalue weighted by Crippen LogP contribution is 2.13. The van der Waals surface area contributed by atoms with Crippen molar-refractivity contribution in [2.45, 2.75) is 39.2 Å². The van der Waals surface area contributed by atoms with Gasteiger partial charge in [-0.2, -0.15) is 5.06 Å². The molecule has 0 unspecified atom stereocenters. The van der Waals surface area contributed by atoms with Crippen molar-refractivity contribution in [2.24, 2.45) is 0 Å². The Morgan fingerprint density at radius 2 is 2.08 bits per heavy atom. The third-order valence-electron chi connectivity index (χ3n) is 1.60. The van der Waals surface area contributed by atoms with Crippen molar-refractivity contribution in [2.75, 3.05) is 13.2 Å². The molecule has 0 radical (unpaired) electrons. The van der Waals surface area contributed by atoms with E-state index >= 15 is 0 Å². The Hall–Kier alpha value is -0.770. The highest BCUT2D eigenvalue weighted by Gasteiger charge is 2.24. The van der Waals surface area contributed by atoms with Crippen LogP contribution >= 0.6 is 0 Å². The number of ether oxygens (including phenoxy) is 1. The molecule has 0 aromatic heterocycles. The zero-order chi connectivity index (χ0) is 9.90. The molecule has 1 heterocycles. The van der Waals surface area contributed by atoms with Crippen LogP contribution in [0.2, 0.25) is 0 Å². The zero-order valence-electron chi connectivity index (χ0n) is 8.50. The minimum absolute atomic E-state index is 0.382. The minimum Gasteiger partial charge on any atom is -0.442 e. The molecule has 4 heteroatoms. The lowest BCUT2D eigenvalue weighted by Gasteiger charge is -2.28. The van der Waals surface area contributed by atoms with Gasteiger partial charge in [0, 0.05) is 0 Å². The largest absolute Gasteiger partial charge is 0.442 e. The average Bonchev–Trinajstić information content (AvgIpc) is 2.03. The molecular formula is C9H17NO3. The number of hydroxylamine groups is 2. The number of amides is 1. The number of carbonyl (C=O) groups excluding carboxylic acids is 1. The van der Waals surface area contributed by atoms with Crippen molar-refractivity contribution in [1.82, 2.24) is 5.06 Å². The molecule has 1 rings (SSSR count). The Bertz CT molecular complexity index is 180. The molecule has 0 aliphatic carbocycles. The van der Waals surface area contributed by atoms with Gasteiger partial charge in [0.25, 0.3) is 0 Å². The van der Waals surface area contributed by atoms with Crippen LogP contribution in [-0.2, 0) is 9.57 Å². The predicted molar refractivity (Wildman–Crippen MR) is 48.1 cm³/mol. The van der Waals surface area contributed by atoms with Crippen LogP contribution in [0.1, 0.15) is 33.6 Å². The van der Waals surface area contributed by atoms with Crippen molar-refractivity contribution in [3.05, 3.63) is 0 Å². The number of hydrogen-bond donors (Lipinski definition) is 0.